The van der Waals surface area contributed by atoms with Crippen LogP contribution in [0.15, 0.2) is 133 Å². The van der Waals surface area contributed by atoms with E-state index in [0.717, 1.165) is 0 Å². The van der Waals surface area contributed by atoms with E-state index < -0.39 is 0 Å². The molecule has 0 saturated heterocycles. The molecule has 0 radical (unpaired) electrons. The fourth-order valence-electron chi connectivity index (χ4n) is 9.77. The summed E-state index contributed by atoms with van der Waals surface area (Å²) < 4.78 is 0. The van der Waals surface area contributed by atoms with Gasteiger partial charge in [0.1, 0.15) is 0 Å². The van der Waals surface area contributed by atoms with Crippen molar-refractivity contribution in [2.75, 3.05) is 0 Å². The predicted molar refractivity (Wildman–Crippen MR) is 206 cm³/mol. The highest BCUT2D eigenvalue weighted by Crippen LogP contribution is 2.59. The van der Waals surface area contributed by atoms with Crippen LogP contribution in [0, 0.1) is 0 Å². The Bertz CT molecular complexity index is 2870. The van der Waals surface area contributed by atoms with Crippen LogP contribution in [0.25, 0.3) is 87.2 Å². The molecule has 0 unspecified atom stereocenters. The van der Waals surface area contributed by atoms with Crippen LogP contribution in [-0.2, 0) is 10.8 Å². The molecule has 0 heterocycles. The summed E-state index contributed by atoms with van der Waals surface area (Å²) >= 11 is 0. The quantitative estimate of drug-likeness (QED) is 0.162. The molecule has 226 valence electrons. The van der Waals surface area contributed by atoms with Gasteiger partial charge in [-0.3, -0.25) is 0 Å². The van der Waals surface area contributed by atoms with Crippen molar-refractivity contribution in [1.82, 2.24) is 0 Å². The maximum absolute atomic E-state index is 2.57. The zero-order valence-corrected chi connectivity index (χ0v) is 27.7. The van der Waals surface area contributed by atoms with E-state index in [4.69, 9.17) is 0 Å². The van der Waals surface area contributed by atoms with Crippen LogP contribution < -0.4 is 0 Å². The van der Waals surface area contributed by atoms with E-state index in [2.05, 4.69) is 161 Å². The van der Waals surface area contributed by atoms with Crippen molar-refractivity contribution in [1.29, 1.82) is 0 Å². The lowest BCUT2D eigenvalue weighted by Crippen LogP contribution is -2.17. The van der Waals surface area contributed by atoms with Gasteiger partial charge in [0.2, 0.25) is 0 Å². The Morgan fingerprint density at radius 1 is 0.312 bits per heavy atom. The van der Waals surface area contributed by atoms with Crippen LogP contribution in [0.4, 0.5) is 0 Å². The third kappa shape index (κ3) is 3.12. The van der Waals surface area contributed by atoms with Crippen LogP contribution >= 0.6 is 0 Å². The number of benzene rings is 9. The van der Waals surface area contributed by atoms with Crippen LogP contribution in [0.5, 0.6) is 0 Å². The van der Waals surface area contributed by atoms with Gasteiger partial charge in [0.25, 0.3) is 0 Å². The number of hydrogen-bond acceptors (Lipinski definition) is 0. The Labute approximate surface area is 280 Å². The summed E-state index contributed by atoms with van der Waals surface area (Å²) in [5.41, 5.74) is 13.8. The zero-order valence-electron chi connectivity index (χ0n) is 27.7. The highest BCUT2D eigenvalue weighted by atomic mass is 14.5. The Hall–Kier alpha value is -5.46. The van der Waals surface area contributed by atoms with Crippen molar-refractivity contribution in [3.63, 3.8) is 0 Å². The van der Waals surface area contributed by atoms with Gasteiger partial charge in [-0.1, -0.05) is 143 Å². The van der Waals surface area contributed by atoms with E-state index in [1.54, 1.807) is 0 Å². The van der Waals surface area contributed by atoms with E-state index in [0.29, 0.717) is 0 Å². The van der Waals surface area contributed by atoms with Gasteiger partial charge in [0, 0.05) is 10.8 Å². The van der Waals surface area contributed by atoms with Crippen LogP contribution in [-0.4, -0.2) is 0 Å². The van der Waals surface area contributed by atoms with Crippen LogP contribution in [0.3, 0.4) is 0 Å². The second-order valence-corrected chi connectivity index (χ2v) is 15.3. The number of fused-ring (bicyclic) bond motifs is 10. The third-order valence-corrected chi connectivity index (χ3v) is 12.2. The van der Waals surface area contributed by atoms with Crippen molar-refractivity contribution >= 4 is 53.9 Å². The van der Waals surface area contributed by atoms with Crippen molar-refractivity contribution in [3.05, 3.63) is 156 Å². The monoisotopic (exact) mass is 610 g/mol. The molecule has 0 N–H and O–H groups in total. The molecular weight excluding hydrogens is 577 g/mol. The van der Waals surface area contributed by atoms with E-state index in [9.17, 15) is 0 Å². The van der Waals surface area contributed by atoms with Crippen molar-refractivity contribution in [2.45, 2.75) is 38.5 Å². The molecule has 0 spiro atoms. The lowest BCUT2D eigenvalue weighted by molar-refractivity contribution is 0.652. The smallest absolute Gasteiger partial charge is 0.0159 e. The predicted octanol–water partition coefficient (Wildman–Crippen LogP) is 13.2. The molecule has 0 aromatic heterocycles. The highest BCUT2D eigenvalue weighted by Gasteiger charge is 2.43. The molecule has 0 aliphatic heterocycles. The molecule has 0 heteroatoms. The van der Waals surface area contributed by atoms with E-state index >= 15 is 0 Å². The lowest BCUT2D eigenvalue weighted by Gasteiger charge is -2.24. The van der Waals surface area contributed by atoms with Gasteiger partial charge in [-0.05, 0) is 128 Å². The summed E-state index contributed by atoms with van der Waals surface area (Å²) in [6.07, 6.45) is 0. The summed E-state index contributed by atoms with van der Waals surface area (Å²) in [6.45, 7) is 9.70. The average Bonchev–Trinajstić information content (AvgIpc) is 3.48. The topological polar surface area (TPSA) is 0 Å². The minimum atomic E-state index is -0.115. The fourth-order valence-corrected chi connectivity index (χ4v) is 9.77. The standard InChI is InChI=1S/C48H34/c1-47(2)39-23-19-28-11-6-8-14-32(28)45(39)37-25-41-38(26-40(37)47)46-36-22-21-35-34(33-15-9-12-27-10-5-7-13-31(27)33)20-18-29-16-17-30(44(36)43(29)35)24-42(46)48(41,3)4/h5-26H,1-4H3. The first-order valence-electron chi connectivity index (χ1n) is 17.3. The highest BCUT2D eigenvalue weighted by molar-refractivity contribution is 6.29. The molecule has 9 aromatic carbocycles. The normalized spacial score (nSPS) is 15.4. The first kappa shape index (κ1) is 26.6. The molecule has 0 fully saturated rings. The molecule has 0 atom stereocenters. The Balaban J connectivity index is 1.22. The van der Waals surface area contributed by atoms with Gasteiger partial charge < -0.3 is 0 Å². The SMILES string of the molecule is CC1(C)c2cc3c(cc2-c2c1ccc1ccccc21)C(C)(C)c1cc2ccc4ccc(-c5cccc6ccccc56)c5ccc(c1-3)c2c45. The number of rotatable bonds is 1. The van der Waals surface area contributed by atoms with Gasteiger partial charge in [-0.2, -0.15) is 0 Å². The van der Waals surface area contributed by atoms with Gasteiger partial charge in [-0.25, -0.2) is 0 Å². The lowest BCUT2D eigenvalue weighted by atomic mass is 9.79. The Morgan fingerprint density at radius 2 is 0.854 bits per heavy atom. The molecule has 48 heavy (non-hydrogen) atoms. The van der Waals surface area contributed by atoms with Gasteiger partial charge in [0.05, 0.1) is 0 Å². The molecule has 2 aliphatic rings. The first-order valence-corrected chi connectivity index (χ1v) is 17.3. The van der Waals surface area contributed by atoms with Crippen molar-refractivity contribution in [2.24, 2.45) is 0 Å². The molecule has 2 aliphatic carbocycles. The second kappa shape index (κ2) is 8.71. The Morgan fingerprint density at radius 3 is 1.65 bits per heavy atom. The zero-order chi connectivity index (χ0) is 32.1. The summed E-state index contributed by atoms with van der Waals surface area (Å²) in [4.78, 5) is 0. The van der Waals surface area contributed by atoms with Gasteiger partial charge >= 0.3 is 0 Å². The molecule has 0 amide bonds. The van der Waals surface area contributed by atoms with Gasteiger partial charge in [-0.15, -0.1) is 0 Å². The first-order chi connectivity index (χ1) is 23.3. The van der Waals surface area contributed by atoms with E-state index in [-0.39, 0.29) is 10.8 Å². The molecule has 11 rings (SSSR count). The average molecular weight is 611 g/mol. The van der Waals surface area contributed by atoms with Crippen LogP contribution in [0.1, 0.15) is 49.9 Å². The minimum Gasteiger partial charge on any atom is -0.0616 e. The largest absolute Gasteiger partial charge is 0.0616 e. The minimum absolute atomic E-state index is 0.0756. The molecule has 0 nitrogen and oxygen atoms in total. The summed E-state index contributed by atoms with van der Waals surface area (Å²) in [7, 11) is 0. The van der Waals surface area contributed by atoms with Gasteiger partial charge in [0.15, 0.2) is 0 Å². The van der Waals surface area contributed by atoms with E-state index in [1.807, 2.05) is 0 Å². The molecular formula is C48H34. The maximum atomic E-state index is 2.57. The number of hydrogen-bond donors (Lipinski definition) is 0. The summed E-state index contributed by atoms with van der Waals surface area (Å²) in [6, 6.07) is 50.9. The summed E-state index contributed by atoms with van der Waals surface area (Å²) in [5, 5.41) is 13.4. The summed E-state index contributed by atoms with van der Waals surface area (Å²) in [5.74, 6) is 0. The Kier molecular flexibility index (Phi) is 4.82. The third-order valence-electron chi connectivity index (χ3n) is 12.2. The van der Waals surface area contributed by atoms with Crippen molar-refractivity contribution < 1.29 is 0 Å². The van der Waals surface area contributed by atoms with E-state index in [1.165, 1.54) is 109 Å². The van der Waals surface area contributed by atoms with Crippen molar-refractivity contribution in [3.8, 4) is 33.4 Å². The fraction of sp³-hybridized carbons (Fsp3) is 0.125. The van der Waals surface area contributed by atoms with Crippen LogP contribution in [0.2, 0.25) is 0 Å². The molecule has 9 aromatic rings. The molecule has 0 bridgehead atoms. The maximum Gasteiger partial charge on any atom is 0.0159 e. The second-order valence-electron chi connectivity index (χ2n) is 15.3. The molecule has 0 saturated carbocycles.